The fourth-order valence-electron chi connectivity index (χ4n) is 3.48. The molecule has 1 unspecified atom stereocenters. The Balaban J connectivity index is 1.81. The van der Waals surface area contributed by atoms with Crippen molar-refractivity contribution in [3.05, 3.63) is 57.8 Å². The molecule has 29 heavy (non-hydrogen) atoms. The fourth-order valence-corrected chi connectivity index (χ4v) is 5.12. The van der Waals surface area contributed by atoms with E-state index < -0.39 is 21.7 Å². The van der Waals surface area contributed by atoms with Gasteiger partial charge in [0.25, 0.3) is 5.91 Å². The number of carbonyl (C=O) groups excluding carboxylic acids is 1. The minimum atomic E-state index is -3.89. The Morgan fingerprint density at radius 1 is 1.10 bits per heavy atom. The summed E-state index contributed by atoms with van der Waals surface area (Å²) in [5.74, 6) is -1.34. The first-order chi connectivity index (χ1) is 13.7. The van der Waals surface area contributed by atoms with Crippen LogP contribution in [-0.2, 0) is 10.0 Å². The molecule has 156 valence electrons. The zero-order chi connectivity index (χ0) is 21.2. The Hall–Kier alpha value is -1.67. The van der Waals surface area contributed by atoms with Crippen molar-refractivity contribution in [3.8, 4) is 0 Å². The average molecular weight is 459 g/mol. The third kappa shape index (κ3) is 5.28. The third-order valence-electron chi connectivity index (χ3n) is 5.12. The molecular formula is C20H21Cl2FN2O3S. The summed E-state index contributed by atoms with van der Waals surface area (Å²) >= 11 is 11.8. The third-order valence-corrected chi connectivity index (χ3v) is 7.41. The molecule has 0 heterocycles. The topological polar surface area (TPSA) is 75.3 Å². The molecule has 0 aromatic heterocycles. The number of amides is 1. The molecule has 1 fully saturated rings. The SMILES string of the molecule is CC(NS(=O)(=O)c1ccc(F)c(C(=O)Nc2ccc(Cl)c(Cl)c2)c1)C1CCCC1. The van der Waals surface area contributed by atoms with E-state index in [1.54, 1.807) is 0 Å². The molecule has 1 aliphatic rings. The van der Waals surface area contributed by atoms with Crippen LogP contribution in [0.25, 0.3) is 0 Å². The van der Waals surface area contributed by atoms with Gasteiger partial charge in [-0.05, 0) is 62.1 Å². The summed E-state index contributed by atoms with van der Waals surface area (Å²) in [6.45, 7) is 1.83. The van der Waals surface area contributed by atoms with E-state index in [0.717, 1.165) is 43.9 Å². The minimum Gasteiger partial charge on any atom is -0.322 e. The van der Waals surface area contributed by atoms with Gasteiger partial charge in [-0.25, -0.2) is 17.5 Å². The summed E-state index contributed by atoms with van der Waals surface area (Å²) in [6.07, 6.45) is 4.13. The first-order valence-corrected chi connectivity index (χ1v) is 11.5. The van der Waals surface area contributed by atoms with Gasteiger partial charge in [-0.15, -0.1) is 0 Å². The van der Waals surface area contributed by atoms with Crippen LogP contribution >= 0.6 is 23.2 Å². The summed E-state index contributed by atoms with van der Waals surface area (Å²) in [6, 6.07) is 7.34. The van der Waals surface area contributed by atoms with Crippen LogP contribution in [0.1, 0.15) is 43.0 Å². The van der Waals surface area contributed by atoms with Crippen molar-refractivity contribution in [1.29, 1.82) is 0 Å². The first kappa shape index (κ1) is 22.0. The molecule has 0 radical (unpaired) electrons. The Kier molecular flexibility index (Phi) is 6.83. The maximum Gasteiger partial charge on any atom is 0.258 e. The molecule has 2 N–H and O–H groups in total. The largest absolute Gasteiger partial charge is 0.322 e. The molecule has 0 spiro atoms. The molecule has 1 atom stereocenters. The van der Waals surface area contributed by atoms with E-state index in [-0.39, 0.29) is 27.4 Å². The lowest BCUT2D eigenvalue weighted by atomic mass is 10.0. The van der Waals surface area contributed by atoms with Crippen LogP contribution in [0, 0.1) is 11.7 Å². The second-order valence-electron chi connectivity index (χ2n) is 7.18. The van der Waals surface area contributed by atoms with Crippen LogP contribution < -0.4 is 10.0 Å². The van der Waals surface area contributed by atoms with E-state index >= 15 is 0 Å². The molecule has 0 aliphatic heterocycles. The summed E-state index contributed by atoms with van der Waals surface area (Å²) in [4.78, 5) is 12.3. The molecule has 1 amide bonds. The summed E-state index contributed by atoms with van der Waals surface area (Å²) in [5, 5.41) is 3.03. The Labute approximate surface area is 179 Å². The number of halogens is 3. The predicted octanol–water partition coefficient (Wildman–Crippen LogP) is 5.24. The number of hydrogen-bond donors (Lipinski definition) is 2. The summed E-state index contributed by atoms with van der Waals surface area (Å²) in [7, 11) is -3.89. The summed E-state index contributed by atoms with van der Waals surface area (Å²) in [5.41, 5.74) is -0.0718. The van der Waals surface area contributed by atoms with Crippen LogP contribution in [0.2, 0.25) is 10.0 Å². The second-order valence-corrected chi connectivity index (χ2v) is 9.71. The molecule has 5 nitrogen and oxygen atoms in total. The molecule has 1 aliphatic carbocycles. The maximum atomic E-state index is 14.2. The monoisotopic (exact) mass is 458 g/mol. The lowest BCUT2D eigenvalue weighted by molar-refractivity contribution is 0.102. The van der Waals surface area contributed by atoms with Gasteiger partial charge in [0.1, 0.15) is 5.82 Å². The molecule has 0 saturated heterocycles. The number of rotatable bonds is 6. The highest BCUT2D eigenvalue weighted by Crippen LogP contribution is 2.29. The normalized spacial score (nSPS) is 16.0. The Morgan fingerprint density at radius 2 is 1.79 bits per heavy atom. The lowest BCUT2D eigenvalue weighted by Gasteiger charge is -2.20. The first-order valence-electron chi connectivity index (χ1n) is 9.25. The van der Waals surface area contributed by atoms with E-state index in [0.29, 0.717) is 10.7 Å². The quantitative estimate of drug-likeness (QED) is 0.620. The average Bonchev–Trinajstić information content (AvgIpc) is 3.19. The highest BCUT2D eigenvalue weighted by atomic mass is 35.5. The van der Waals surface area contributed by atoms with E-state index in [1.165, 1.54) is 18.2 Å². The van der Waals surface area contributed by atoms with Gasteiger partial charge in [0, 0.05) is 11.7 Å². The van der Waals surface area contributed by atoms with Gasteiger partial charge in [0.05, 0.1) is 20.5 Å². The number of anilines is 1. The number of sulfonamides is 1. The zero-order valence-electron chi connectivity index (χ0n) is 15.7. The van der Waals surface area contributed by atoms with Gasteiger partial charge in [-0.1, -0.05) is 36.0 Å². The lowest BCUT2D eigenvalue weighted by Crippen LogP contribution is -2.37. The number of nitrogens with one attached hydrogen (secondary N) is 2. The molecule has 2 aromatic rings. The van der Waals surface area contributed by atoms with Crippen LogP contribution in [0.15, 0.2) is 41.3 Å². The second kappa shape index (κ2) is 9.00. The number of benzene rings is 2. The van der Waals surface area contributed by atoms with Crippen molar-refractivity contribution in [2.24, 2.45) is 5.92 Å². The van der Waals surface area contributed by atoms with Gasteiger partial charge in [-0.2, -0.15) is 0 Å². The van der Waals surface area contributed by atoms with E-state index in [1.807, 2.05) is 6.92 Å². The minimum absolute atomic E-state index is 0.164. The molecule has 9 heteroatoms. The molecule has 3 rings (SSSR count). The molecular weight excluding hydrogens is 438 g/mol. The van der Waals surface area contributed by atoms with Crippen molar-refractivity contribution >= 4 is 44.8 Å². The fraction of sp³-hybridized carbons (Fsp3) is 0.350. The predicted molar refractivity (Wildman–Crippen MR) is 113 cm³/mol. The van der Waals surface area contributed by atoms with E-state index in [9.17, 15) is 17.6 Å². The van der Waals surface area contributed by atoms with Crippen LogP contribution in [0.4, 0.5) is 10.1 Å². The van der Waals surface area contributed by atoms with Crippen molar-refractivity contribution in [3.63, 3.8) is 0 Å². The Bertz CT molecular complexity index is 1020. The van der Waals surface area contributed by atoms with Crippen LogP contribution in [-0.4, -0.2) is 20.4 Å². The van der Waals surface area contributed by atoms with Crippen molar-refractivity contribution in [2.75, 3.05) is 5.32 Å². The van der Waals surface area contributed by atoms with Crippen molar-refractivity contribution in [1.82, 2.24) is 4.72 Å². The number of hydrogen-bond acceptors (Lipinski definition) is 3. The smallest absolute Gasteiger partial charge is 0.258 e. The summed E-state index contributed by atoms with van der Waals surface area (Å²) < 4.78 is 42.3. The number of carbonyl (C=O) groups is 1. The maximum absolute atomic E-state index is 14.2. The highest BCUT2D eigenvalue weighted by molar-refractivity contribution is 7.89. The van der Waals surface area contributed by atoms with E-state index in [4.69, 9.17) is 23.2 Å². The van der Waals surface area contributed by atoms with Gasteiger partial charge >= 0.3 is 0 Å². The van der Waals surface area contributed by atoms with Crippen LogP contribution in [0.3, 0.4) is 0 Å². The van der Waals surface area contributed by atoms with Gasteiger partial charge in [-0.3, -0.25) is 4.79 Å². The van der Waals surface area contributed by atoms with Gasteiger partial charge in [0.15, 0.2) is 0 Å². The van der Waals surface area contributed by atoms with E-state index in [2.05, 4.69) is 10.0 Å². The molecule has 1 saturated carbocycles. The molecule has 2 aromatic carbocycles. The molecule has 0 bridgehead atoms. The van der Waals surface area contributed by atoms with Gasteiger partial charge in [0.2, 0.25) is 10.0 Å². The van der Waals surface area contributed by atoms with Crippen LogP contribution in [0.5, 0.6) is 0 Å². The highest BCUT2D eigenvalue weighted by Gasteiger charge is 2.27. The van der Waals surface area contributed by atoms with Gasteiger partial charge < -0.3 is 5.32 Å². The standard InChI is InChI=1S/C20H21Cl2FN2O3S/c1-12(13-4-2-3-5-13)25-29(27,28)15-7-9-19(23)16(11-15)20(26)24-14-6-8-17(21)18(22)10-14/h6-13,25H,2-5H2,1H3,(H,24,26). The zero-order valence-corrected chi connectivity index (χ0v) is 18.0. The Morgan fingerprint density at radius 3 is 2.45 bits per heavy atom. The van der Waals surface area contributed by atoms with Crippen molar-refractivity contribution in [2.45, 2.75) is 43.5 Å². The van der Waals surface area contributed by atoms with Crippen molar-refractivity contribution < 1.29 is 17.6 Å².